The molecular weight excluding hydrogens is 537 g/mol. The number of pyridine rings is 1. The van der Waals surface area contributed by atoms with Crippen molar-refractivity contribution in [1.82, 2.24) is 9.47 Å². The highest BCUT2D eigenvalue weighted by atomic mass is 32.2. The second-order valence-electron chi connectivity index (χ2n) is 9.44. The number of aromatic nitrogens is 1. The van der Waals surface area contributed by atoms with E-state index in [-0.39, 0.29) is 22.8 Å². The molecule has 11 heteroatoms. The van der Waals surface area contributed by atoms with Gasteiger partial charge >= 0.3 is 0 Å². The zero-order valence-corrected chi connectivity index (χ0v) is 24.0. The number of carbonyl (C=O) groups is 1. The molecular formula is C28H32FN5O3S2. The number of hydrogen-bond acceptors (Lipinski definition) is 8. The fraction of sp³-hybridized carbons (Fsp3) is 0.429. The normalized spacial score (nSPS) is 16.9. The number of nitriles is 1. The summed E-state index contributed by atoms with van der Waals surface area (Å²) in [5.74, 6) is 0.229. The molecule has 3 heterocycles. The van der Waals surface area contributed by atoms with Gasteiger partial charge in [-0.25, -0.2) is 4.39 Å². The number of thioether (sulfide) groups is 1. The van der Waals surface area contributed by atoms with Crippen LogP contribution in [0.4, 0.5) is 15.9 Å². The summed E-state index contributed by atoms with van der Waals surface area (Å²) in [6, 6.07) is 8.55. The van der Waals surface area contributed by atoms with Crippen molar-refractivity contribution in [3.63, 3.8) is 0 Å². The Labute approximate surface area is 237 Å². The van der Waals surface area contributed by atoms with Gasteiger partial charge in [-0.1, -0.05) is 37.3 Å². The number of benzene rings is 1. The van der Waals surface area contributed by atoms with Gasteiger partial charge in [-0.2, -0.15) is 5.26 Å². The first-order chi connectivity index (χ1) is 18.8. The molecule has 1 aromatic carbocycles. The highest BCUT2D eigenvalue weighted by Gasteiger charge is 2.33. The molecule has 8 nitrogen and oxygen atoms in total. The Kier molecular flexibility index (Phi) is 9.43. The van der Waals surface area contributed by atoms with Gasteiger partial charge < -0.3 is 14.5 Å². The fourth-order valence-corrected chi connectivity index (χ4v) is 6.13. The molecule has 4 rings (SSSR count). The zero-order valence-electron chi connectivity index (χ0n) is 22.4. The number of halogens is 1. The summed E-state index contributed by atoms with van der Waals surface area (Å²) in [7, 11) is 1.57. The van der Waals surface area contributed by atoms with Gasteiger partial charge in [0.15, 0.2) is 0 Å². The average Bonchev–Trinajstić information content (AvgIpc) is 3.20. The third kappa shape index (κ3) is 6.03. The Morgan fingerprint density at radius 2 is 1.79 bits per heavy atom. The molecule has 0 saturated carbocycles. The van der Waals surface area contributed by atoms with E-state index in [1.807, 2.05) is 0 Å². The standard InChI is InChI=1S/C28H32FN5O3S2/c1-4-5-10-33-25(32-13-11-31(12-14-32)21-8-6-20(29)7-9-21)22(19(2)23(18-30)26(33)35)17-24-27(36)34(15-16-37-3)28(38)39-24/h6-9,17H,4-5,10-16H2,1-3H3. The highest BCUT2D eigenvalue weighted by molar-refractivity contribution is 8.26. The number of amides is 1. The topological polar surface area (TPSA) is 81.8 Å². The lowest BCUT2D eigenvalue weighted by Gasteiger charge is -2.39. The highest BCUT2D eigenvalue weighted by Crippen LogP contribution is 2.36. The molecule has 2 aliphatic rings. The summed E-state index contributed by atoms with van der Waals surface area (Å²) in [5.41, 5.74) is 1.94. The first-order valence-electron chi connectivity index (χ1n) is 13.0. The van der Waals surface area contributed by atoms with Crippen LogP contribution in [0, 0.1) is 24.1 Å². The zero-order chi connectivity index (χ0) is 28.1. The first kappa shape index (κ1) is 28.8. The Morgan fingerprint density at radius 1 is 1.13 bits per heavy atom. The van der Waals surface area contributed by atoms with Crippen molar-refractivity contribution in [2.45, 2.75) is 33.2 Å². The lowest BCUT2D eigenvalue weighted by molar-refractivity contribution is -0.122. The van der Waals surface area contributed by atoms with Gasteiger partial charge in [0.2, 0.25) is 0 Å². The van der Waals surface area contributed by atoms with Crippen molar-refractivity contribution in [1.29, 1.82) is 5.26 Å². The SMILES string of the molecule is CCCCn1c(N2CCN(c3ccc(F)cc3)CC2)c(C=C2SC(=S)N(CCOC)C2=O)c(C)c(C#N)c1=O. The molecule has 2 saturated heterocycles. The fourth-order valence-electron chi connectivity index (χ4n) is 4.84. The number of rotatable bonds is 9. The van der Waals surface area contributed by atoms with Crippen molar-refractivity contribution < 1.29 is 13.9 Å². The van der Waals surface area contributed by atoms with Gasteiger partial charge in [0.05, 0.1) is 18.1 Å². The summed E-state index contributed by atoms with van der Waals surface area (Å²) in [4.78, 5) is 33.1. The van der Waals surface area contributed by atoms with E-state index in [0.717, 1.165) is 18.5 Å². The molecule has 0 unspecified atom stereocenters. The van der Waals surface area contributed by atoms with E-state index in [9.17, 15) is 19.2 Å². The number of piperazine rings is 1. The number of nitrogens with zero attached hydrogens (tertiary/aromatic N) is 5. The van der Waals surface area contributed by atoms with Crippen molar-refractivity contribution in [2.24, 2.45) is 0 Å². The number of ether oxygens (including phenoxy) is 1. The molecule has 0 spiro atoms. The molecule has 2 aromatic rings. The lowest BCUT2D eigenvalue weighted by atomic mass is 10.0. The van der Waals surface area contributed by atoms with E-state index in [1.165, 1.54) is 28.8 Å². The predicted molar refractivity (Wildman–Crippen MR) is 158 cm³/mol. The maximum Gasteiger partial charge on any atom is 0.270 e. The average molecular weight is 570 g/mol. The Balaban J connectivity index is 1.77. The van der Waals surface area contributed by atoms with Gasteiger partial charge in [-0.3, -0.25) is 19.1 Å². The minimum absolute atomic E-state index is 0.0842. The number of hydrogen-bond donors (Lipinski definition) is 0. The number of methoxy groups -OCH3 is 1. The summed E-state index contributed by atoms with van der Waals surface area (Å²) in [5, 5.41) is 9.90. The van der Waals surface area contributed by atoms with E-state index in [2.05, 4.69) is 22.8 Å². The van der Waals surface area contributed by atoms with Crippen LogP contribution in [0.15, 0.2) is 34.0 Å². The monoisotopic (exact) mass is 569 g/mol. The quantitative estimate of drug-likeness (QED) is 0.329. The molecule has 0 N–H and O–H groups in total. The molecule has 1 amide bonds. The minimum atomic E-state index is -0.316. The van der Waals surface area contributed by atoms with Gasteiger partial charge in [-0.15, -0.1) is 0 Å². The third-order valence-corrected chi connectivity index (χ3v) is 8.40. The summed E-state index contributed by atoms with van der Waals surface area (Å²) >= 11 is 6.68. The maximum atomic E-state index is 13.5. The minimum Gasteiger partial charge on any atom is -0.383 e. The van der Waals surface area contributed by atoms with Crippen molar-refractivity contribution in [3.8, 4) is 6.07 Å². The first-order valence-corrected chi connectivity index (χ1v) is 14.2. The molecule has 2 aliphatic heterocycles. The van der Waals surface area contributed by atoms with E-state index in [0.29, 0.717) is 72.0 Å². The largest absolute Gasteiger partial charge is 0.383 e. The van der Waals surface area contributed by atoms with Gasteiger partial charge in [0.25, 0.3) is 11.5 Å². The summed E-state index contributed by atoms with van der Waals surface area (Å²) < 4.78 is 20.7. The molecule has 2 fully saturated rings. The number of carbonyl (C=O) groups excluding carboxylic acids is 1. The van der Waals surface area contributed by atoms with Crippen molar-refractivity contribution in [3.05, 3.63) is 62.0 Å². The number of anilines is 2. The molecule has 0 bridgehead atoms. The van der Waals surface area contributed by atoms with Crippen LogP contribution in [0.5, 0.6) is 0 Å². The van der Waals surface area contributed by atoms with Crippen molar-refractivity contribution >= 4 is 51.8 Å². The Hall–Kier alpha value is -3.20. The van der Waals surface area contributed by atoms with Crippen LogP contribution in [0.3, 0.4) is 0 Å². The van der Waals surface area contributed by atoms with Crippen LogP contribution in [-0.2, 0) is 16.1 Å². The van der Waals surface area contributed by atoms with Crippen LogP contribution in [0.2, 0.25) is 0 Å². The van der Waals surface area contributed by atoms with E-state index >= 15 is 0 Å². The molecule has 39 heavy (non-hydrogen) atoms. The second kappa shape index (κ2) is 12.8. The number of unbranched alkanes of at least 4 members (excludes halogenated alkanes) is 1. The lowest BCUT2D eigenvalue weighted by Crippen LogP contribution is -2.48. The summed E-state index contributed by atoms with van der Waals surface area (Å²) in [6.07, 6.45) is 3.44. The van der Waals surface area contributed by atoms with E-state index < -0.39 is 0 Å². The van der Waals surface area contributed by atoms with Gasteiger partial charge in [0.1, 0.15) is 27.6 Å². The van der Waals surface area contributed by atoms with Gasteiger partial charge in [-0.05, 0) is 49.2 Å². The van der Waals surface area contributed by atoms with Crippen LogP contribution in [-0.4, -0.2) is 66.1 Å². The van der Waals surface area contributed by atoms with Crippen LogP contribution in [0.1, 0.15) is 36.5 Å². The number of thiocarbonyl (C=S) groups is 1. The Morgan fingerprint density at radius 3 is 2.41 bits per heavy atom. The summed E-state index contributed by atoms with van der Waals surface area (Å²) in [6.45, 7) is 7.58. The van der Waals surface area contributed by atoms with Crippen molar-refractivity contribution in [2.75, 3.05) is 56.2 Å². The van der Waals surface area contributed by atoms with Crippen LogP contribution < -0.4 is 15.4 Å². The van der Waals surface area contributed by atoms with Crippen LogP contribution in [0.25, 0.3) is 6.08 Å². The molecule has 0 atom stereocenters. The predicted octanol–water partition coefficient (Wildman–Crippen LogP) is 4.14. The maximum absolute atomic E-state index is 13.5. The van der Waals surface area contributed by atoms with E-state index in [4.69, 9.17) is 17.0 Å². The molecule has 1 aromatic heterocycles. The second-order valence-corrected chi connectivity index (χ2v) is 11.1. The van der Waals surface area contributed by atoms with Crippen LogP contribution >= 0.6 is 24.0 Å². The van der Waals surface area contributed by atoms with E-state index in [1.54, 1.807) is 36.8 Å². The Bertz CT molecular complexity index is 1380. The molecule has 0 aliphatic carbocycles. The van der Waals surface area contributed by atoms with Gasteiger partial charge in [0, 0.05) is 51.1 Å². The third-order valence-electron chi connectivity index (χ3n) is 7.02. The smallest absolute Gasteiger partial charge is 0.270 e. The molecule has 206 valence electrons. The molecule has 0 radical (unpaired) electrons.